The van der Waals surface area contributed by atoms with Gasteiger partial charge in [-0.25, -0.2) is 13.6 Å². The van der Waals surface area contributed by atoms with Crippen LogP contribution in [0.25, 0.3) is 0 Å². The van der Waals surface area contributed by atoms with Crippen LogP contribution < -0.4 is 5.14 Å². The second-order valence-electron chi connectivity index (χ2n) is 3.46. The summed E-state index contributed by atoms with van der Waals surface area (Å²) in [5.41, 5.74) is 0. The third-order valence-electron chi connectivity index (χ3n) is 2.47. The quantitative estimate of drug-likeness (QED) is 0.811. The maximum absolute atomic E-state index is 11.1. The Morgan fingerprint density at radius 3 is 2.20 bits per heavy atom. The smallest absolute Gasteiger partial charge is 0.273 e. The summed E-state index contributed by atoms with van der Waals surface area (Å²) < 4.78 is 23.7. The molecule has 7 heteroatoms. The van der Waals surface area contributed by atoms with Gasteiger partial charge in [0.1, 0.15) is 5.82 Å². The van der Waals surface area contributed by atoms with Crippen LogP contribution in [-0.2, 0) is 17.1 Å². The van der Waals surface area contributed by atoms with Gasteiger partial charge in [-0.3, -0.25) is 0 Å². The van der Waals surface area contributed by atoms with Crippen molar-refractivity contribution in [3.05, 3.63) is 5.82 Å². The zero-order chi connectivity index (χ0) is 11.6. The van der Waals surface area contributed by atoms with Crippen LogP contribution in [0.2, 0.25) is 0 Å². The number of rotatable bonds is 4. The standard InChI is InChI=1S/C8H16N4O2S/c1-4-6(5-2)7-10-11-8(12(7)3)15(9,13)14/h6H,4-5H2,1-3H3,(H2,9,13,14). The number of hydrogen-bond donors (Lipinski definition) is 1. The Morgan fingerprint density at radius 1 is 1.33 bits per heavy atom. The molecule has 0 saturated heterocycles. The minimum absolute atomic E-state index is 0.176. The SMILES string of the molecule is CCC(CC)c1nnc(S(N)(=O)=O)n1C. The summed E-state index contributed by atoms with van der Waals surface area (Å²) in [5.74, 6) is 0.891. The predicted molar refractivity (Wildman–Crippen MR) is 55.7 cm³/mol. The van der Waals surface area contributed by atoms with Gasteiger partial charge in [0, 0.05) is 13.0 Å². The summed E-state index contributed by atoms with van der Waals surface area (Å²) in [6.07, 6.45) is 1.79. The van der Waals surface area contributed by atoms with Gasteiger partial charge in [0.25, 0.3) is 15.2 Å². The van der Waals surface area contributed by atoms with Crippen molar-refractivity contribution in [2.45, 2.75) is 37.8 Å². The van der Waals surface area contributed by atoms with E-state index in [1.165, 1.54) is 4.57 Å². The first-order valence-electron chi connectivity index (χ1n) is 4.83. The molecule has 2 N–H and O–H groups in total. The lowest BCUT2D eigenvalue weighted by molar-refractivity contribution is 0.553. The molecule has 0 aliphatic carbocycles. The first-order chi connectivity index (χ1) is 6.91. The summed E-state index contributed by atoms with van der Waals surface area (Å²) >= 11 is 0. The highest BCUT2D eigenvalue weighted by Gasteiger charge is 2.21. The van der Waals surface area contributed by atoms with Crippen molar-refractivity contribution in [3.8, 4) is 0 Å². The molecule has 1 aromatic rings. The molecular weight excluding hydrogens is 216 g/mol. The lowest BCUT2D eigenvalue weighted by Crippen LogP contribution is -2.18. The van der Waals surface area contributed by atoms with Crippen molar-refractivity contribution in [3.63, 3.8) is 0 Å². The Bertz CT molecular complexity index is 433. The van der Waals surface area contributed by atoms with Crippen LogP contribution in [0.5, 0.6) is 0 Å². The molecule has 1 aromatic heterocycles. The van der Waals surface area contributed by atoms with Crippen LogP contribution in [0.4, 0.5) is 0 Å². The van der Waals surface area contributed by atoms with Crippen LogP contribution in [0.1, 0.15) is 38.4 Å². The van der Waals surface area contributed by atoms with E-state index in [9.17, 15) is 8.42 Å². The summed E-state index contributed by atoms with van der Waals surface area (Å²) in [4.78, 5) is 0. The van der Waals surface area contributed by atoms with Gasteiger partial charge in [0.15, 0.2) is 0 Å². The van der Waals surface area contributed by atoms with Gasteiger partial charge in [-0.15, -0.1) is 10.2 Å². The number of nitrogens with two attached hydrogens (primary N) is 1. The number of sulfonamides is 1. The van der Waals surface area contributed by atoms with Crippen LogP contribution in [0, 0.1) is 0 Å². The molecule has 0 atom stereocenters. The van der Waals surface area contributed by atoms with Crippen LogP contribution >= 0.6 is 0 Å². The fourth-order valence-electron chi connectivity index (χ4n) is 1.58. The van der Waals surface area contributed by atoms with E-state index >= 15 is 0 Å². The van der Waals surface area contributed by atoms with E-state index in [4.69, 9.17) is 5.14 Å². The highest BCUT2D eigenvalue weighted by molar-refractivity contribution is 7.89. The lowest BCUT2D eigenvalue weighted by atomic mass is 10.0. The average Bonchev–Trinajstić information content (AvgIpc) is 2.50. The van der Waals surface area contributed by atoms with Crippen molar-refractivity contribution < 1.29 is 8.42 Å². The highest BCUT2D eigenvalue weighted by Crippen LogP contribution is 2.21. The Kier molecular flexibility index (Phi) is 3.46. The van der Waals surface area contributed by atoms with Crippen LogP contribution in [0.3, 0.4) is 0 Å². The second-order valence-corrected chi connectivity index (χ2v) is 4.91. The maximum atomic E-state index is 11.1. The van der Waals surface area contributed by atoms with Gasteiger partial charge in [0.2, 0.25) is 0 Å². The molecule has 0 unspecified atom stereocenters. The van der Waals surface area contributed by atoms with E-state index in [0.29, 0.717) is 5.82 Å². The normalized spacial score (nSPS) is 12.3. The Labute approximate surface area is 89.5 Å². The molecule has 0 aliphatic heterocycles. The van der Waals surface area contributed by atoms with Gasteiger partial charge in [-0.1, -0.05) is 13.8 Å². The third-order valence-corrected chi connectivity index (χ3v) is 3.34. The maximum Gasteiger partial charge on any atom is 0.273 e. The molecule has 0 saturated carbocycles. The number of nitrogens with zero attached hydrogens (tertiary/aromatic N) is 3. The number of hydrogen-bond acceptors (Lipinski definition) is 4. The molecule has 0 amide bonds. The van der Waals surface area contributed by atoms with Gasteiger partial charge in [-0.05, 0) is 12.8 Å². The first-order valence-corrected chi connectivity index (χ1v) is 6.38. The van der Waals surface area contributed by atoms with E-state index in [1.54, 1.807) is 7.05 Å². The number of primary sulfonamides is 1. The number of aromatic nitrogens is 3. The Morgan fingerprint density at radius 2 is 1.87 bits per heavy atom. The molecule has 86 valence electrons. The van der Waals surface area contributed by atoms with E-state index in [1.807, 2.05) is 13.8 Å². The topological polar surface area (TPSA) is 90.9 Å². The van der Waals surface area contributed by atoms with Gasteiger partial charge >= 0.3 is 0 Å². The van der Waals surface area contributed by atoms with E-state index in [0.717, 1.165) is 12.8 Å². The average molecular weight is 232 g/mol. The van der Waals surface area contributed by atoms with Crippen molar-refractivity contribution in [2.24, 2.45) is 12.2 Å². The molecule has 0 aromatic carbocycles. The van der Waals surface area contributed by atoms with Crippen molar-refractivity contribution in [1.82, 2.24) is 14.8 Å². The van der Waals surface area contributed by atoms with Gasteiger partial charge in [0.05, 0.1) is 0 Å². The van der Waals surface area contributed by atoms with E-state index < -0.39 is 10.0 Å². The van der Waals surface area contributed by atoms with Crippen molar-refractivity contribution in [1.29, 1.82) is 0 Å². The predicted octanol–water partition coefficient (Wildman–Crippen LogP) is 0.366. The molecular formula is C8H16N4O2S. The minimum atomic E-state index is -3.77. The fraction of sp³-hybridized carbons (Fsp3) is 0.750. The summed E-state index contributed by atoms with van der Waals surface area (Å²) in [6, 6.07) is 0. The molecule has 1 heterocycles. The molecule has 1 rings (SSSR count). The van der Waals surface area contributed by atoms with Crippen molar-refractivity contribution >= 4 is 10.0 Å². The Hall–Kier alpha value is -0.950. The van der Waals surface area contributed by atoms with Gasteiger partial charge in [-0.2, -0.15) is 0 Å². The molecule has 0 spiro atoms. The minimum Gasteiger partial charge on any atom is -0.304 e. The molecule has 0 bridgehead atoms. The van der Waals surface area contributed by atoms with Crippen LogP contribution in [-0.4, -0.2) is 23.2 Å². The van der Waals surface area contributed by atoms with Crippen molar-refractivity contribution in [2.75, 3.05) is 0 Å². The summed E-state index contributed by atoms with van der Waals surface area (Å²) in [5, 5.41) is 12.3. The molecule has 15 heavy (non-hydrogen) atoms. The summed E-state index contributed by atoms with van der Waals surface area (Å²) in [7, 11) is -2.15. The molecule has 6 nitrogen and oxygen atoms in total. The van der Waals surface area contributed by atoms with Crippen LogP contribution in [0.15, 0.2) is 5.16 Å². The van der Waals surface area contributed by atoms with E-state index in [2.05, 4.69) is 10.2 Å². The molecule has 0 aliphatic rings. The monoisotopic (exact) mass is 232 g/mol. The Balaban J connectivity index is 3.20. The molecule has 0 fully saturated rings. The van der Waals surface area contributed by atoms with Gasteiger partial charge < -0.3 is 4.57 Å². The molecule has 0 radical (unpaired) electrons. The zero-order valence-corrected chi connectivity index (χ0v) is 9.95. The highest BCUT2D eigenvalue weighted by atomic mass is 32.2. The summed E-state index contributed by atoms with van der Waals surface area (Å²) in [6.45, 7) is 4.05. The lowest BCUT2D eigenvalue weighted by Gasteiger charge is -2.10. The second kappa shape index (κ2) is 4.28. The first kappa shape index (κ1) is 12.1. The van der Waals surface area contributed by atoms with E-state index in [-0.39, 0.29) is 11.1 Å². The zero-order valence-electron chi connectivity index (χ0n) is 9.14. The largest absolute Gasteiger partial charge is 0.304 e. The fourth-order valence-corrected chi connectivity index (χ4v) is 2.21. The third kappa shape index (κ3) is 2.35.